The molecule has 4 rings (SSSR count). The Hall–Kier alpha value is -3.88. The number of nitrogens with one attached hydrogen (secondary N) is 2. The molecule has 9 nitrogen and oxygen atoms in total. The number of aromatic amines is 1. The fraction of sp³-hybridized carbons (Fsp3) is 0.111. The third-order valence-corrected chi connectivity index (χ3v) is 4.13. The number of H-pyrrole nitrogens is 1. The molecular formula is C18H15N5O4. The summed E-state index contributed by atoms with van der Waals surface area (Å²) in [6.45, 7) is 2.02. The van der Waals surface area contributed by atoms with Crippen LogP contribution in [0.1, 0.15) is 21.9 Å². The van der Waals surface area contributed by atoms with Crippen LogP contribution in [-0.4, -0.2) is 36.5 Å². The van der Waals surface area contributed by atoms with Gasteiger partial charge in [-0.1, -0.05) is 17.3 Å². The van der Waals surface area contributed by atoms with Crippen LogP contribution in [0.15, 0.2) is 40.9 Å². The van der Waals surface area contributed by atoms with Crippen LogP contribution in [0.5, 0.6) is 5.75 Å². The number of phenols is 1. The first kappa shape index (κ1) is 16.6. The second kappa shape index (κ2) is 6.45. The lowest BCUT2D eigenvalue weighted by Gasteiger charge is -2.10. The quantitative estimate of drug-likeness (QED) is 0.424. The van der Waals surface area contributed by atoms with Crippen molar-refractivity contribution in [3.8, 4) is 17.2 Å². The first-order chi connectivity index (χ1) is 13.0. The molecular weight excluding hydrogens is 350 g/mol. The molecule has 27 heavy (non-hydrogen) atoms. The van der Waals surface area contributed by atoms with E-state index in [4.69, 9.17) is 4.52 Å². The molecule has 0 aliphatic carbocycles. The predicted octanol–water partition coefficient (Wildman–Crippen LogP) is 2.94. The zero-order chi connectivity index (χ0) is 19.0. The summed E-state index contributed by atoms with van der Waals surface area (Å²) in [6.07, 6.45) is 0. The Morgan fingerprint density at radius 1 is 1.30 bits per heavy atom. The van der Waals surface area contributed by atoms with Gasteiger partial charge in [0.1, 0.15) is 5.75 Å². The van der Waals surface area contributed by atoms with E-state index in [0.717, 1.165) is 0 Å². The number of benzene rings is 2. The number of aryl methyl sites for hydroxylation is 1. The average molecular weight is 365 g/mol. The van der Waals surface area contributed by atoms with Crippen LogP contribution < -0.4 is 5.32 Å². The number of carboxylic acids is 1. The lowest BCUT2D eigenvalue weighted by Crippen LogP contribution is -2.01. The lowest BCUT2D eigenvalue weighted by atomic mass is 10.1. The second-order valence-corrected chi connectivity index (χ2v) is 5.95. The highest BCUT2D eigenvalue weighted by Crippen LogP contribution is 2.31. The fourth-order valence-electron chi connectivity index (χ4n) is 2.80. The molecule has 0 aliphatic heterocycles. The van der Waals surface area contributed by atoms with E-state index in [1.54, 1.807) is 43.3 Å². The summed E-state index contributed by atoms with van der Waals surface area (Å²) in [6, 6.07) is 10.5. The van der Waals surface area contributed by atoms with Crippen LogP contribution in [0, 0.1) is 6.92 Å². The van der Waals surface area contributed by atoms with Gasteiger partial charge in [-0.2, -0.15) is 10.1 Å². The van der Waals surface area contributed by atoms with Gasteiger partial charge in [0.15, 0.2) is 11.5 Å². The maximum atomic E-state index is 11.2. The minimum absolute atomic E-state index is 0.0368. The third-order valence-electron chi connectivity index (χ3n) is 4.13. The van der Waals surface area contributed by atoms with Crippen molar-refractivity contribution in [1.82, 2.24) is 20.3 Å². The molecule has 4 aromatic rings. The van der Waals surface area contributed by atoms with Crippen molar-refractivity contribution < 1.29 is 19.5 Å². The molecule has 136 valence electrons. The maximum absolute atomic E-state index is 11.2. The van der Waals surface area contributed by atoms with Crippen molar-refractivity contribution in [2.45, 2.75) is 13.5 Å². The van der Waals surface area contributed by atoms with Crippen LogP contribution in [0.2, 0.25) is 0 Å². The van der Waals surface area contributed by atoms with Crippen molar-refractivity contribution >= 4 is 22.6 Å². The Bertz CT molecular complexity index is 1150. The highest BCUT2D eigenvalue weighted by molar-refractivity contribution is 6.01. The Morgan fingerprint density at radius 3 is 2.89 bits per heavy atom. The van der Waals surface area contributed by atoms with Crippen LogP contribution in [-0.2, 0) is 6.54 Å². The van der Waals surface area contributed by atoms with Gasteiger partial charge in [0.05, 0.1) is 11.1 Å². The zero-order valence-corrected chi connectivity index (χ0v) is 14.2. The standard InChI is InChI=1S/C18H15N5O4/c1-9-20-17(27-23-9)12-4-2-3-10(16(12)24)8-19-11-5-6-14-13(7-11)15(18(25)26)22-21-14/h2-7,19,24H,8H2,1H3,(H,21,22)(H,25,26). The Kier molecular flexibility index (Phi) is 3.96. The largest absolute Gasteiger partial charge is 0.507 e. The number of hydrogen-bond acceptors (Lipinski definition) is 7. The summed E-state index contributed by atoms with van der Waals surface area (Å²) in [7, 11) is 0. The van der Waals surface area contributed by atoms with Gasteiger partial charge in [-0.15, -0.1) is 0 Å². The molecule has 0 atom stereocenters. The van der Waals surface area contributed by atoms with Gasteiger partial charge in [0.2, 0.25) is 0 Å². The number of aromatic carboxylic acids is 1. The number of phenolic OH excluding ortho intramolecular Hbond substituents is 1. The lowest BCUT2D eigenvalue weighted by molar-refractivity contribution is 0.0692. The molecule has 0 saturated carbocycles. The number of nitrogens with zero attached hydrogens (tertiary/aromatic N) is 3. The number of carbonyl (C=O) groups is 1. The molecule has 0 unspecified atom stereocenters. The van der Waals surface area contributed by atoms with Crippen LogP contribution in [0.25, 0.3) is 22.4 Å². The number of aromatic hydroxyl groups is 1. The molecule has 0 aliphatic rings. The van der Waals surface area contributed by atoms with E-state index in [9.17, 15) is 15.0 Å². The number of carboxylic acid groups (broad SMARTS) is 1. The molecule has 0 amide bonds. The normalized spacial score (nSPS) is 11.0. The van der Waals surface area contributed by atoms with E-state index >= 15 is 0 Å². The highest BCUT2D eigenvalue weighted by Gasteiger charge is 2.15. The van der Waals surface area contributed by atoms with Gasteiger partial charge in [-0.3, -0.25) is 5.10 Å². The molecule has 0 spiro atoms. The Labute approximate surface area is 152 Å². The molecule has 2 aromatic heterocycles. The third kappa shape index (κ3) is 3.06. The number of anilines is 1. The van der Waals surface area contributed by atoms with Crippen LogP contribution in [0.4, 0.5) is 5.69 Å². The van der Waals surface area contributed by atoms with E-state index in [1.165, 1.54) is 0 Å². The molecule has 0 radical (unpaired) electrons. The molecule has 0 bridgehead atoms. The summed E-state index contributed by atoms with van der Waals surface area (Å²) in [5, 5.41) is 33.6. The molecule has 2 aromatic carbocycles. The SMILES string of the molecule is Cc1noc(-c2cccc(CNc3ccc4[nH]nc(C(=O)O)c4c3)c2O)n1. The first-order valence-electron chi connectivity index (χ1n) is 8.10. The summed E-state index contributed by atoms with van der Waals surface area (Å²) in [5.41, 5.74) is 2.38. The topological polar surface area (TPSA) is 137 Å². The summed E-state index contributed by atoms with van der Waals surface area (Å²) in [5.74, 6) is -0.323. The molecule has 9 heteroatoms. The molecule has 4 N–H and O–H groups in total. The van der Waals surface area contributed by atoms with E-state index in [2.05, 4.69) is 25.7 Å². The summed E-state index contributed by atoms with van der Waals surface area (Å²) >= 11 is 0. The fourth-order valence-corrected chi connectivity index (χ4v) is 2.80. The first-order valence-corrected chi connectivity index (χ1v) is 8.10. The minimum Gasteiger partial charge on any atom is -0.507 e. The molecule has 2 heterocycles. The van der Waals surface area contributed by atoms with Gasteiger partial charge in [0, 0.05) is 23.2 Å². The molecule has 0 saturated heterocycles. The Morgan fingerprint density at radius 2 is 2.15 bits per heavy atom. The van der Waals surface area contributed by atoms with Crippen LogP contribution in [0.3, 0.4) is 0 Å². The van der Waals surface area contributed by atoms with Crippen molar-refractivity contribution in [2.24, 2.45) is 0 Å². The zero-order valence-electron chi connectivity index (χ0n) is 14.2. The van der Waals surface area contributed by atoms with Crippen molar-refractivity contribution in [1.29, 1.82) is 0 Å². The number of para-hydroxylation sites is 1. The van der Waals surface area contributed by atoms with Crippen molar-refractivity contribution in [3.05, 3.63) is 53.5 Å². The van der Waals surface area contributed by atoms with E-state index in [-0.39, 0.29) is 17.3 Å². The molecule has 0 fully saturated rings. The highest BCUT2D eigenvalue weighted by atomic mass is 16.5. The summed E-state index contributed by atoms with van der Waals surface area (Å²) in [4.78, 5) is 15.4. The predicted molar refractivity (Wildman–Crippen MR) is 96.5 cm³/mol. The van der Waals surface area contributed by atoms with Gasteiger partial charge in [-0.05, 0) is 31.2 Å². The number of fused-ring (bicyclic) bond motifs is 1. The van der Waals surface area contributed by atoms with E-state index < -0.39 is 5.97 Å². The average Bonchev–Trinajstić information content (AvgIpc) is 3.26. The Balaban J connectivity index is 1.59. The number of aromatic nitrogens is 4. The van der Waals surface area contributed by atoms with Gasteiger partial charge in [0.25, 0.3) is 5.89 Å². The maximum Gasteiger partial charge on any atom is 0.357 e. The smallest absolute Gasteiger partial charge is 0.357 e. The summed E-state index contributed by atoms with van der Waals surface area (Å²) < 4.78 is 5.12. The number of rotatable bonds is 5. The van der Waals surface area contributed by atoms with E-state index in [0.29, 0.717) is 40.1 Å². The second-order valence-electron chi connectivity index (χ2n) is 5.95. The monoisotopic (exact) mass is 365 g/mol. The van der Waals surface area contributed by atoms with Gasteiger partial charge >= 0.3 is 5.97 Å². The van der Waals surface area contributed by atoms with Gasteiger partial charge < -0.3 is 20.1 Å². The van der Waals surface area contributed by atoms with Crippen molar-refractivity contribution in [3.63, 3.8) is 0 Å². The minimum atomic E-state index is -1.10. The van der Waals surface area contributed by atoms with Crippen molar-refractivity contribution in [2.75, 3.05) is 5.32 Å². The number of hydrogen-bond donors (Lipinski definition) is 4. The van der Waals surface area contributed by atoms with Gasteiger partial charge in [-0.25, -0.2) is 4.79 Å². The van der Waals surface area contributed by atoms with E-state index in [1.807, 2.05) is 0 Å². The van der Waals surface area contributed by atoms with Crippen LogP contribution >= 0.6 is 0 Å².